The zero-order valence-electron chi connectivity index (χ0n) is 13.4. The SMILES string of the molecule is COc1ccc(C(=O)N2CC(=O)N(c3cccc(Cl)c3)C[C@H]2C)o1. The average molecular weight is 349 g/mol. The van der Waals surface area contributed by atoms with E-state index in [1.807, 2.05) is 13.0 Å². The van der Waals surface area contributed by atoms with Crippen LogP contribution >= 0.6 is 11.6 Å². The van der Waals surface area contributed by atoms with Crippen LogP contribution in [0.3, 0.4) is 0 Å². The monoisotopic (exact) mass is 348 g/mol. The van der Waals surface area contributed by atoms with Crippen molar-refractivity contribution in [3.8, 4) is 5.95 Å². The lowest BCUT2D eigenvalue weighted by molar-refractivity contribution is -0.121. The van der Waals surface area contributed by atoms with Crippen molar-refractivity contribution in [3.63, 3.8) is 0 Å². The van der Waals surface area contributed by atoms with E-state index in [1.165, 1.54) is 12.0 Å². The van der Waals surface area contributed by atoms with E-state index in [0.717, 1.165) is 5.69 Å². The molecular weight excluding hydrogens is 332 g/mol. The number of rotatable bonds is 3. The Kier molecular flexibility index (Phi) is 4.49. The van der Waals surface area contributed by atoms with Gasteiger partial charge >= 0.3 is 0 Å². The smallest absolute Gasteiger partial charge is 0.290 e. The minimum atomic E-state index is -0.329. The third-order valence-corrected chi connectivity index (χ3v) is 4.19. The predicted molar refractivity (Wildman–Crippen MR) is 89.6 cm³/mol. The van der Waals surface area contributed by atoms with E-state index in [1.54, 1.807) is 35.2 Å². The number of furan rings is 1. The molecule has 126 valence electrons. The van der Waals surface area contributed by atoms with Gasteiger partial charge in [-0.1, -0.05) is 17.7 Å². The van der Waals surface area contributed by atoms with Gasteiger partial charge in [0.15, 0.2) is 5.76 Å². The highest BCUT2D eigenvalue weighted by Crippen LogP contribution is 2.25. The Morgan fingerprint density at radius 2 is 2.12 bits per heavy atom. The topological polar surface area (TPSA) is 63.0 Å². The summed E-state index contributed by atoms with van der Waals surface area (Å²) in [7, 11) is 1.46. The number of carbonyl (C=O) groups is 2. The molecule has 1 aliphatic heterocycles. The number of methoxy groups -OCH3 is 1. The molecule has 0 saturated carbocycles. The second kappa shape index (κ2) is 6.57. The summed E-state index contributed by atoms with van der Waals surface area (Å²) in [6.07, 6.45) is 0. The Hall–Kier alpha value is -2.47. The molecule has 1 fully saturated rings. The van der Waals surface area contributed by atoms with Crippen LogP contribution in [0.25, 0.3) is 0 Å². The first-order valence-electron chi connectivity index (χ1n) is 7.50. The molecule has 0 radical (unpaired) electrons. The molecule has 6 nitrogen and oxygen atoms in total. The molecule has 2 amide bonds. The van der Waals surface area contributed by atoms with E-state index < -0.39 is 0 Å². The van der Waals surface area contributed by atoms with Crippen LogP contribution in [-0.2, 0) is 4.79 Å². The molecule has 0 N–H and O–H groups in total. The summed E-state index contributed by atoms with van der Waals surface area (Å²) in [5.41, 5.74) is 0.728. The summed E-state index contributed by atoms with van der Waals surface area (Å²) in [6.45, 7) is 2.26. The standard InChI is InChI=1S/C17H17ClN2O4/c1-11-9-20(13-5-3-4-12(18)8-13)15(21)10-19(11)17(22)14-6-7-16(23-2)24-14/h3-8,11H,9-10H2,1-2H3/t11-/m1/s1. The van der Waals surface area contributed by atoms with E-state index in [-0.39, 0.29) is 36.1 Å². The van der Waals surface area contributed by atoms with E-state index in [0.29, 0.717) is 11.6 Å². The molecule has 0 bridgehead atoms. The maximum atomic E-state index is 12.6. The van der Waals surface area contributed by atoms with Crippen LogP contribution in [0.4, 0.5) is 5.69 Å². The van der Waals surface area contributed by atoms with Gasteiger partial charge in [0.25, 0.3) is 11.9 Å². The molecule has 1 aromatic heterocycles. The van der Waals surface area contributed by atoms with Gasteiger partial charge in [0, 0.05) is 29.4 Å². The number of benzene rings is 1. The molecule has 1 aromatic carbocycles. The van der Waals surface area contributed by atoms with Gasteiger partial charge in [-0.3, -0.25) is 9.59 Å². The van der Waals surface area contributed by atoms with Gasteiger partial charge in [0.05, 0.1) is 7.11 Å². The van der Waals surface area contributed by atoms with Gasteiger partial charge in [0.1, 0.15) is 6.54 Å². The zero-order chi connectivity index (χ0) is 17.3. The number of ether oxygens (including phenoxy) is 1. The lowest BCUT2D eigenvalue weighted by Crippen LogP contribution is -2.57. The van der Waals surface area contributed by atoms with E-state index >= 15 is 0 Å². The highest BCUT2D eigenvalue weighted by atomic mass is 35.5. The van der Waals surface area contributed by atoms with Gasteiger partial charge in [0.2, 0.25) is 5.91 Å². The van der Waals surface area contributed by atoms with Crippen molar-refractivity contribution < 1.29 is 18.7 Å². The number of piperazine rings is 1. The Balaban J connectivity index is 1.78. The van der Waals surface area contributed by atoms with Crippen molar-refractivity contribution in [1.82, 2.24) is 4.90 Å². The third-order valence-electron chi connectivity index (χ3n) is 3.96. The van der Waals surface area contributed by atoms with Crippen LogP contribution in [0, 0.1) is 0 Å². The van der Waals surface area contributed by atoms with E-state index in [9.17, 15) is 9.59 Å². The summed E-state index contributed by atoms with van der Waals surface area (Å²) in [4.78, 5) is 28.2. The van der Waals surface area contributed by atoms with Gasteiger partial charge in [-0.2, -0.15) is 0 Å². The maximum absolute atomic E-state index is 12.6. The first-order valence-corrected chi connectivity index (χ1v) is 7.88. The number of hydrogen-bond acceptors (Lipinski definition) is 4. The number of anilines is 1. The lowest BCUT2D eigenvalue weighted by Gasteiger charge is -2.39. The Labute approximate surface area is 144 Å². The Morgan fingerprint density at radius 1 is 1.33 bits per heavy atom. The Morgan fingerprint density at radius 3 is 2.79 bits per heavy atom. The van der Waals surface area contributed by atoms with E-state index in [4.69, 9.17) is 20.8 Å². The summed E-state index contributed by atoms with van der Waals surface area (Å²) >= 11 is 6.00. The fourth-order valence-corrected chi connectivity index (χ4v) is 2.89. The minimum Gasteiger partial charge on any atom is -0.468 e. The molecule has 0 spiro atoms. The second-order valence-corrected chi connectivity index (χ2v) is 6.03. The number of carbonyl (C=O) groups excluding carboxylic acids is 2. The molecule has 0 aliphatic carbocycles. The summed E-state index contributed by atoms with van der Waals surface area (Å²) in [6, 6.07) is 10.1. The van der Waals surface area contributed by atoms with Gasteiger partial charge in [-0.05, 0) is 31.2 Å². The first kappa shape index (κ1) is 16.4. The number of amides is 2. The molecule has 2 aromatic rings. The molecule has 24 heavy (non-hydrogen) atoms. The fourth-order valence-electron chi connectivity index (χ4n) is 2.70. The fraction of sp³-hybridized carbons (Fsp3) is 0.294. The minimum absolute atomic E-state index is 0.0183. The van der Waals surface area contributed by atoms with Crippen molar-refractivity contribution in [2.45, 2.75) is 13.0 Å². The average Bonchev–Trinajstić information content (AvgIpc) is 3.05. The molecular formula is C17H17ClN2O4. The van der Waals surface area contributed by atoms with Gasteiger partial charge < -0.3 is 19.0 Å². The molecule has 3 rings (SSSR count). The lowest BCUT2D eigenvalue weighted by atomic mass is 10.1. The Bertz CT molecular complexity index is 773. The molecule has 1 saturated heterocycles. The van der Waals surface area contributed by atoms with Crippen LogP contribution in [0.1, 0.15) is 17.5 Å². The number of halogens is 1. The molecule has 7 heteroatoms. The largest absolute Gasteiger partial charge is 0.468 e. The first-order chi connectivity index (χ1) is 11.5. The summed E-state index contributed by atoms with van der Waals surface area (Å²) in [5, 5.41) is 0.564. The summed E-state index contributed by atoms with van der Waals surface area (Å²) < 4.78 is 10.2. The predicted octanol–water partition coefficient (Wildman–Crippen LogP) is 2.82. The quantitative estimate of drug-likeness (QED) is 0.855. The highest BCUT2D eigenvalue weighted by molar-refractivity contribution is 6.30. The van der Waals surface area contributed by atoms with E-state index in [2.05, 4.69) is 0 Å². The van der Waals surface area contributed by atoms with Crippen molar-refractivity contribution in [3.05, 3.63) is 47.2 Å². The van der Waals surface area contributed by atoms with Crippen molar-refractivity contribution in [1.29, 1.82) is 0 Å². The second-order valence-electron chi connectivity index (χ2n) is 5.59. The molecule has 1 aliphatic rings. The molecule has 1 atom stereocenters. The number of hydrogen-bond donors (Lipinski definition) is 0. The highest BCUT2D eigenvalue weighted by Gasteiger charge is 2.34. The third kappa shape index (κ3) is 3.10. The van der Waals surface area contributed by atoms with Crippen LogP contribution in [-0.4, -0.2) is 43.0 Å². The van der Waals surface area contributed by atoms with Crippen LogP contribution in [0.5, 0.6) is 5.95 Å². The van der Waals surface area contributed by atoms with Crippen LogP contribution in [0.15, 0.2) is 40.8 Å². The van der Waals surface area contributed by atoms with Crippen molar-refractivity contribution in [2.75, 3.05) is 25.1 Å². The molecule has 2 heterocycles. The number of nitrogens with zero attached hydrogens (tertiary/aromatic N) is 2. The van der Waals surface area contributed by atoms with Crippen molar-refractivity contribution >= 4 is 29.1 Å². The van der Waals surface area contributed by atoms with Gasteiger partial charge in [-0.25, -0.2) is 0 Å². The zero-order valence-corrected chi connectivity index (χ0v) is 14.1. The van der Waals surface area contributed by atoms with Gasteiger partial charge in [-0.15, -0.1) is 0 Å². The van der Waals surface area contributed by atoms with Crippen molar-refractivity contribution in [2.24, 2.45) is 0 Å². The van der Waals surface area contributed by atoms with Crippen LogP contribution in [0.2, 0.25) is 5.02 Å². The maximum Gasteiger partial charge on any atom is 0.290 e. The van der Waals surface area contributed by atoms with Crippen LogP contribution < -0.4 is 9.64 Å². The molecule has 0 unspecified atom stereocenters. The normalized spacial score (nSPS) is 18.0. The summed E-state index contributed by atoms with van der Waals surface area (Å²) in [5.74, 6) is -0.0790.